The fourth-order valence-electron chi connectivity index (χ4n) is 2.41. The van der Waals surface area contributed by atoms with Crippen molar-refractivity contribution in [1.82, 2.24) is 4.90 Å². The van der Waals surface area contributed by atoms with E-state index in [-0.39, 0.29) is 11.8 Å². The number of amides is 2. The summed E-state index contributed by atoms with van der Waals surface area (Å²) in [6.45, 7) is 0.737. The SMILES string of the molecule is COc1cc(C2CCN(C)C(=O)C2)ccc1NC(=O)O. The number of nitrogens with one attached hydrogen (secondary N) is 1. The molecule has 1 saturated heterocycles. The number of piperidine rings is 1. The molecule has 1 aromatic rings. The van der Waals surface area contributed by atoms with Crippen molar-refractivity contribution in [3.05, 3.63) is 23.8 Å². The first kappa shape index (κ1) is 14.2. The van der Waals surface area contributed by atoms with Crippen LogP contribution < -0.4 is 10.1 Å². The van der Waals surface area contributed by atoms with Crippen molar-refractivity contribution in [2.75, 3.05) is 26.0 Å². The molecule has 1 fully saturated rings. The number of hydrogen-bond acceptors (Lipinski definition) is 3. The van der Waals surface area contributed by atoms with Gasteiger partial charge in [0.2, 0.25) is 5.91 Å². The summed E-state index contributed by atoms with van der Waals surface area (Å²) < 4.78 is 5.20. The van der Waals surface area contributed by atoms with Crippen LogP contribution in [0.2, 0.25) is 0 Å². The Morgan fingerprint density at radius 2 is 2.25 bits per heavy atom. The number of anilines is 1. The number of ether oxygens (including phenoxy) is 1. The first-order chi connectivity index (χ1) is 9.51. The highest BCUT2D eigenvalue weighted by atomic mass is 16.5. The third-order valence-electron chi connectivity index (χ3n) is 3.60. The van der Waals surface area contributed by atoms with Crippen LogP contribution in [-0.4, -0.2) is 42.7 Å². The number of hydrogen-bond donors (Lipinski definition) is 2. The van der Waals surface area contributed by atoms with Crippen LogP contribution in [0.3, 0.4) is 0 Å². The van der Waals surface area contributed by atoms with Gasteiger partial charge in [-0.25, -0.2) is 4.79 Å². The second kappa shape index (κ2) is 5.81. The van der Waals surface area contributed by atoms with Crippen molar-refractivity contribution in [3.63, 3.8) is 0 Å². The van der Waals surface area contributed by atoms with Crippen molar-refractivity contribution < 1.29 is 19.4 Å². The molecule has 1 aliphatic rings. The van der Waals surface area contributed by atoms with Gasteiger partial charge in [-0.1, -0.05) is 6.07 Å². The number of carbonyl (C=O) groups excluding carboxylic acids is 1. The van der Waals surface area contributed by atoms with E-state index in [1.807, 2.05) is 6.07 Å². The Bertz CT molecular complexity index is 530. The average molecular weight is 278 g/mol. The average Bonchev–Trinajstić information content (AvgIpc) is 2.42. The topological polar surface area (TPSA) is 78.9 Å². The summed E-state index contributed by atoms with van der Waals surface area (Å²) in [6.07, 6.45) is 0.244. The Balaban J connectivity index is 2.21. The van der Waals surface area contributed by atoms with Gasteiger partial charge in [0.25, 0.3) is 0 Å². The van der Waals surface area contributed by atoms with Crippen molar-refractivity contribution >= 4 is 17.7 Å². The van der Waals surface area contributed by atoms with Crippen LogP contribution in [0.1, 0.15) is 24.3 Å². The second-order valence-electron chi connectivity index (χ2n) is 4.89. The summed E-state index contributed by atoms with van der Waals surface area (Å²) in [4.78, 5) is 24.2. The molecule has 0 aromatic heterocycles. The Hall–Kier alpha value is -2.24. The van der Waals surface area contributed by atoms with Gasteiger partial charge in [0.15, 0.2) is 0 Å². The standard InChI is InChI=1S/C14H18N2O4/c1-16-6-5-10(8-13(16)17)9-3-4-11(15-14(18)19)12(7-9)20-2/h3-4,7,10,15H,5-6,8H2,1-2H3,(H,18,19). The molecule has 2 amide bonds. The first-order valence-electron chi connectivity index (χ1n) is 6.43. The van der Waals surface area contributed by atoms with Crippen LogP contribution in [0.15, 0.2) is 18.2 Å². The first-order valence-corrected chi connectivity index (χ1v) is 6.43. The summed E-state index contributed by atoms with van der Waals surface area (Å²) >= 11 is 0. The molecule has 0 spiro atoms. The zero-order valence-electron chi connectivity index (χ0n) is 11.5. The minimum Gasteiger partial charge on any atom is -0.495 e. The molecule has 1 heterocycles. The second-order valence-corrected chi connectivity index (χ2v) is 4.89. The molecule has 0 aliphatic carbocycles. The number of likely N-dealkylation sites (tertiary alicyclic amines) is 1. The lowest BCUT2D eigenvalue weighted by molar-refractivity contribution is -0.132. The molecule has 6 heteroatoms. The lowest BCUT2D eigenvalue weighted by Gasteiger charge is -2.29. The van der Waals surface area contributed by atoms with Crippen LogP contribution >= 0.6 is 0 Å². The van der Waals surface area contributed by atoms with Gasteiger partial charge in [0.1, 0.15) is 5.75 Å². The predicted molar refractivity (Wildman–Crippen MR) is 74.3 cm³/mol. The molecule has 1 aliphatic heterocycles. The van der Waals surface area contributed by atoms with Crippen LogP contribution in [0.5, 0.6) is 5.75 Å². The lowest BCUT2D eigenvalue weighted by atomic mass is 9.89. The van der Waals surface area contributed by atoms with Crippen molar-refractivity contribution in [1.29, 1.82) is 0 Å². The van der Waals surface area contributed by atoms with Crippen LogP contribution in [0.25, 0.3) is 0 Å². The monoisotopic (exact) mass is 278 g/mol. The van der Waals surface area contributed by atoms with Crippen molar-refractivity contribution in [2.24, 2.45) is 0 Å². The summed E-state index contributed by atoms with van der Waals surface area (Å²) in [7, 11) is 3.30. The summed E-state index contributed by atoms with van der Waals surface area (Å²) in [6, 6.07) is 5.32. The van der Waals surface area contributed by atoms with Crippen molar-refractivity contribution in [2.45, 2.75) is 18.8 Å². The zero-order valence-corrected chi connectivity index (χ0v) is 11.5. The smallest absolute Gasteiger partial charge is 0.409 e. The van der Waals surface area contributed by atoms with Gasteiger partial charge < -0.3 is 14.7 Å². The van der Waals surface area contributed by atoms with Gasteiger partial charge in [0.05, 0.1) is 12.8 Å². The highest BCUT2D eigenvalue weighted by Crippen LogP contribution is 2.33. The molecule has 1 aromatic carbocycles. The number of rotatable bonds is 3. The summed E-state index contributed by atoms with van der Waals surface area (Å²) in [5, 5.41) is 11.0. The minimum atomic E-state index is -1.13. The van der Waals surface area contributed by atoms with Gasteiger partial charge >= 0.3 is 6.09 Å². The van der Waals surface area contributed by atoms with E-state index in [2.05, 4.69) is 5.32 Å². The fraction of sp³-hybridized carbons (Fsp3) is 0.429. The summed E-state index contributed by atoms with van der Waals surface area (Å²) in [5.74, 6) is 0.760. The van der Waals surface area contributed by atoms with E-state index in [0.29, 0.717) is 17.9 Å². The van der Waals surface area contributed by atoms with Crippen molar-refractivity contribution in [3.8, 4) is 5.75 Å². The van der Waals surface area contributed by atoms with Gasteiger partial charge in [-0.15, -0.1) is 0 Å². The molecule has 108 valence electrons. The lowest BCUT2D eigenvalue weighted by Crippen LogP contribution is -2.34. The zero-order chi connectivity index (χ0) is 14.7. The van der Waals surface area contributed by atoms with E-state index in [1.165, 1.54) is 7.11 Å². The summed E-state index contributed by atoms with van der Waals surface area (Å²) in [5.41, 5.74) is 1.40. The molecule has 1 atom stereocenters. The van der Waals surface area contributed by atoms with Gasteiger partial charge in [0, 0.05) is 20.0 Å². The molecule has 2 rings (SSSR count). The molecule has 6 nitrogen and oxygen atoms in total. The Labute approximate surface area is 117 Å². The normalized spacial score (nSPS) is 18.8. The van der Waals surface area contributed by atoms with Crippen LogP contribution in [-0.2, 0) is 4.79 Å². The predicted octanol–water partition coefficient (Wildman–Crippen LogP) is 2.12. The van der Waals surface area contributed by atoms with E-state index in [4.69, 9.17) is 9.84 Å². The Morgan fingerprint density at radius 3 is 2.85 bits per heavy atom. The molecule has 0 bridgehead atoms. The van der Waals surface area contributed by atoms with E-state index < -0.39 is 6.09 Å². The largest absolute Gasteiger partial charge is 0.495 e. The quantitative estimate of drug-likeness (QED) is 0.887. The fourth-order valence-corrected chi connectivity index (χ4v) is 2.41. The molecule has 1 unspecified atom stereocenters. The van der Waals surface area contributed by atoms with Crippen LogP contribution in [0, 0.1) is 0 Å². The highest BCUT2D eigenvalue weighted by Gasteiger charge is 2.25. The highest BCUT2D eigenvalue weighted by molar-refractivity contribution is 5.85. The Kier molecular flexibility index (Phi) is 4.12. The molecule has 0 radical (unpaired) electrons. The van der Waals surface area contributed by atoms with E-state index in [9.17, 15) is 9.59 Å². The number of methoxy groups -OCH3 is 1. The van der Waals surface area contributed by atoms with E-state index >= 15 is 0 Å². The third kappa shape index (κ3) is 3.01. The molecule has 20 heavy (non-hydrogen) atoms. The van der Waals surface area contributed by atoms with Gasteiger partial charge in [-0.2, -0.15) is 0 Å². The molecule has 2 N–H and O–H groups in total. The van der Waals surface area contributed by atoms with E-state index in [0.717, 1.165) is 18.5 Å². The maximum atomic E-state index is 11.7. The molecular weight excluding hydrogens is 260 g/mol. The van der Waals surface area contributed by atoms with Gasteiger partial charge in [-0.3, -0.25) is 10.1 Å². The minimum absolute atomic E-state index is 0.132. The maximum Gasteiger partial charge on any atom is 0.409 e. The maximum absolute atomic E-state index is 11.7. The van der Waals surface area contributed by atoms with E-state index in [1.54, 1.807) is 24.1 Å². The number of nitrogens with zero attached hydrogens (tertiary/aromatic N) is 1. The van der Waals surface area contributed by atoms with Gasteiger partial charge in [-0.05, 0) is 30.0 Å². The Morgan fingerprint density at radius 1 is 1.50 bits per heavy atom. The third-order valence-corrected chi connectivity index (χ3v) is 3.60. The molecule has 0 saturated carbocycles. The van der Waals surface area contributed by atoms with Crippen LogP contribution in [0.4, 0.5) is 10.5 Å². The number of carboxylic acid groups (broad SMARTS) is 1. The molecular formula is C14H18N2O4. The number of benzene rings is 1. The number of carbonyl (C=O) groups is 2.